The number of nitrogens with zero attached hydrogens (tertiary/aromatic N) is 2. The maximum absolute atomic E-state index is 12.1. The van der Waals surface area contributed by atoms with Crippen LogP contribution in [0.15, 0.2) is 57.3 Å². The van der Waals surface area contributed by atoms with Crippen LogP contribution >= 0.6 is 0 Å². The Kier molecular flexibility index (Phi) is 55.1. The van der Waals surface area contributed by atoms with Crippen LogP contribution in [0, 0.1) is 28.6 Å². The summed E-state index contributed by atoms with van der Waals surface area (Å²) in [7, 11) is -14.8. The third-order valence-electron chi connectivity index (χ3n) is 14.5. The Bertz CT molecular complexity index is 2680. The predicted octanol–water partition coefficient (Wildman–Crippen LogP) is 9.01. The van der Waals surface area contributed by atoms with Crippen molar-refractivity contribution in [2.75, 3.05) is 46.2 Å². The van der Waals surface area contributed by atoms with Gasteiger partial charge in [-0.2, -0.15) is 52.0 Å². The molecule has 0 aromatic heterocycles. The summed E-state index contributed by atoms with van der Waals surface area (Å²) in [6.45, 7) is 45.1. The van der Waals surface area contributed by atoms with E-state index in [0.29, 0.717) is 58.1 Å². The van der Waals surface area contributed by atoms with Gasteiger partial charge in [-0.05, 0) is 171 Å². The SMILES string of the molecule is CC(C)CCc1ccc(C([O-])=NS(=O)(=O)C(F)(F)F)cc1.CCC(C)(C)C(=O)OCCCC(C)C.CCC(C)c1ccc(C([O-])=NS(=O)(=O)C(F)(F)F)cc1.CCCC[Si](C)(C)O[Si](C)(C)CCCOC(=O)C(C)(C)CC.CCOCCOCCOC(=O)C(C)CC.[K+].[K+]. The molecule has 0 N–H and O–H groups in total. The van der Waals surface area contributed by atoms with Crippen LogP contribution in [0.2, 0.25) is 38.3 Å². The van der Waals surface area contributed by atoms with Crippen molar-refractivity contribution in [3.63, 3.8) is 0 Å². The predicted molar refractivity (Wildman–Crippen MR) is 355 cm³/mol. The number of hydrogen-bond donors (Lipinski definition) is 0. The smallest absolute Gasteiger partial charge is 0.858 e. The number of rotatable bonds is 35. The zero-order valence-corrected chi connectivity index (χ0v) is 70.6. The molecule has 17 nitrogen and oxygen atoms in total. The summed E-state index contributed by atoms with van der Waals surface area (Å²) in [5.41, 5.74) is -10.4. The van der Waals surface area contributed by atoms with E-state index in [-0.39, 0.29) is 154 Å². The first-order valence-electron chi connectivity index (χ1n) is 31.9. The van der Waals surface area contributed by atoms with Crippen molar-refractivity contribution in [1.82, 2.24) is 0 Å². The molecule has 2 aromatic carbocycles. The molecule has 0 spiro atoms. The third kappa shape index (κ3) is 47.1. The molecular formula is C65H112F6K2N2O15S2Si2. The Hall–Kier alpha value is -1.14. The van der Waals surface area contributed by atoms with E-state index < -0.39 is 59.5 Å². The minimum Gasteiger partial charge on any atom is -0.858 e. The zero-order chi connectivity index (χ0) is 72.0. The minimum atomic E-state index is -5.80. The topological polar surface area (TPSA) is 246 Å². The summed E-state index contributed by atoms with van der Waals surface area (Å²) < 4.78 is 153. The van der Waals surface area contributed by atoms with Gasteiger partial charge >= 0.3 is 152 Å². The van der Waals surface area contributed by atoms with E-state index in [1.807, 2.05) is 76.2 Å². The van der Waals surface area contributed by atoms with E-state index in [4.69, 9.17) is 27.8 Å². The van der Waals surface area contributed by atoms with Crippen LogP contribution < -0.4 is 113 Å². The van der Waals surface area contributed by atoms with E-state index in [1.165, 1.54) is 43.2 Å². The molecular weight excluding hydrogens is 1360 g/mol. The molecule has 536 valence electrons. The van der Waals surface area contributed by atoms with Crippen molar-refractivity contribution in [3.8, 4) is 0 Å². The molecule has 0 saturated heterocycles. The van der Waals surface area contributed by atoms with Gasteiger partial charge in [0.1, 0.15) is 6.61 Å². The maximum Gasteiger partial charge on any atom is 1.00 e. The van der Waals surface area contributed by atoms with E-state index in [9.17, 15) is 67.8 Å². The van der Waals surface area contributed by atoms with Gasteiger partial charge in [-0.15, -0.1) is 0 Å². The largest absolute Gasteiger partial charge is 1.00 e. The quantitative estimate of drug-likeness (QED) is 0.0119. The van der Waals surface area contributed by atoms with Gasteiger partial charge in [0, 0.05) is 18.4 Å². The van der Waals surface area contributed by atoms with Crippen LogP contribution in [-0.4, -0.2) is 120 Å². The number of aryl methyl sites for hydroxylation is 1. The van der Waals surface area contributed by atoms with Gasteiger partial charge in [0.05, 0.1) is 49.8 Å². The number of hydrogen-bond acceptors (Lipinski definition) is 15. The van der Waals surface area contributed by atoms with Gasteiger partial charge in [0.15, 0.2) is 16.6 Å². The zero-order valence-electron chi connectivity index (χ0n) is 60.7. The number of alkyl halides is 6. The van der Waals surface area contributed by atoms with Crippen molar-refractivity contribution in [2.45, 2.75) is 237 Å². The van der Waals surface area contributed by atoms with E-state index >= 15 is 0 Å². The molecule has 0 bridgehead atoms. The van der Waals surface area contributed by atoms with Crippen LogP contribution in [0.1, 0.15) is 203 Å². The Labute approximate surface area is 648 Å². The number of benzene rings is 2. The van der Waals surface area contributed by atoms with Gasteiger partial charge in [-0.1, -0.05) is 138 Å². The monoisotopic (exact) mass is 1470 g/mol. The molecule has 0 amide bonds. The Balaban J connectivity index is -0.000000353. The second kappa shape index (κ2) is 51.1. The molecule has 0 heterocycles. The summed E-state index contributed by atoms with van der Waals surface area (Å²) in [5, 5.41) is 22.9. The Morgan fingerprint density at radius 1 is 0.532 bits per heavy atom. The van der Waals surface area contributed by atoms with Gasteiger partial charge in [0.25, 0.3) is 0 Å². The summed E-state index contributed by atoms with van der Waals surface area (Å²) in [6, 6.07) is 13.7. The molecule has 2 atom stereocenters. The molecule has 29 heteroatoms. The van der Waals surface area contributed by atoms with Gasteiger partial charge in [0.2, 0.25) is 0 Å². The van der Waals surface area contributed by atoms with Crippen LogP contribution in [0.3, 0.4) is 0 Å². The van der Waals surface area contributed by atoms with Gasteiger partial charge in [-0.3, -0.25) is 14.4 Å². The van der Waals surface area contributed by atoms with E-state index in [0.717, 1.165) is 75.0 Å². The number of ether oxygens (including phenoxy) is 5. The summed E-state index contributed by atoms with van der Waals surface area (Å²) in [5.74, 6) is -1.75. The first kappa shape index (κ1) is 102. The molecule has 0 fully saturated rings. The Morgan fingerprint density at radius 2 is 0.926 bits per heavy atom. The van der Waals surface area contributed by atoms with Gasteiger partial charge in [-0.25, -0.2) is 0 Å². The summed E-state index contributed by atoms with van der Waals surface area (Å²) >= 11 is 0. The fourth-order valence-electron chi connectivity index (χ4n) is 7.21. The Morgan fingerprint density at radius 3 is 1.30 bits per heavy atom. The van der Waals surface area contributed by atoms with Crippen LogP contribution in [0.4, 0.5) is 26.3 Å². The summed E-state index contributed by atoms with van der Waals surface area (Å²) in [6.07, 6.45) is 10.5. The molecule has 0 radical (unpaired) electrons. The molecule has 2 rings (SSSR count). The van der Waals surface area contributed by atoms with Crippen LogP contribution in [0.5, 0.6) is 0 Å². The number of sulfonamides is 2. The van der Waals surface area contributed by atoms with E-state index in [2.05, 4.69) is 69.6 Å². The molecule has 0 aliphatic carbocycles. The second-order valence-electron chi connectivity index (χ2n) is 25.6. The van der Waals surface area contributed by atoms with Gasteiger partial charge < -0.3 is 38.0 Å². The standard InChI is InChI=1S/C17H38O3Si2.C13H16F3NO3S.C12H14F3NO3S.C12H24O2.C11H22O4.2K/c1-9-11-14-21(5,6)20-22(7,8)15-12-13-19-16(18)17(3,4)10-2;1-9(2)3-4-10-5-7-11(8-6-10)12(18)17-21(19,20)13(14,15)16;1-3-8(2)9-4-6-10(7-5-9)11(17)16-20(18,19)12(13,14)15;1-6-12(4,5)11(13)14-9-7-8-10(2)3;1-4-10(3)11(12)15-9-8-14-7-6-13-5-2;;/h9-15H2,1-8H3;5-9H,3-4H2,1-2H3,(H,17,18);4-8H,3H2,1-2H3,(H,16,17);10H,6-9H2,1-5H3;10H,4-9H2,1-3H3;;/q;;;;;2*+1/p-2. The molecule has 2 aromatic rings. The second-order valence-corrected chi connectivity index (χ2v) is 37.6. The number of esters is 3. The van der Waals surface area contributed by atoms with Crippen molar-refractivity contribution in [2.24, 2.45) is 37.4 Å². The van der Waals surface area contributed by atoms with Crippen molar-refractivity contribution in [3.05, 3.63) is 70.8 Å². The van der Waals surface area contributed by atoms with Crippen LogP contribution in [-0.2, 0) is 68.7 Å². The van der Waals surface area contributed by atoms with Crippen molar-refractivity contribution in [1.29, 1.82) is 0 Å². The first-order chi connectivity index (χ1) is 42.2. The molecule has 2 unspecified atom stereocenters. The number of unbranched alkanes of at least 4 members (excludes halogenated alkanes) is 1. The minimum absolute atomic E-state index is 0. The third-order valence-corrected chi connectivity index (χ3v) is 24.0. The first-order valence-corrected chi connectivity index (χ1v) is 41.0. The fraction of sp³-hybridized carbons (Fsp3) is 0.738. The number of carbonyl (C=O) groups excluding carboxylic acids is 3. The number of carbonyl (C=O) groups is 3. The molecule has 94 heavy (non-hydrogen) atoms. The summed E-state index contributed by atoms with van der Waals surface area (Å²) in [4.78, 5) is 34.7. The fourth-order valence-corrected chi connectivity index (χ4v) is 17.1. The normalized spacial score (nSPS) is 13.1. The average molecular weight is 1470 g/mol. The van der Waals surface area contributed by atoms with Crippen molar-refractivity contribution >= 4 is 66.4 Å². The molecule has 0 aliphatic rings. The van der Waals surface area contributed by atoms with Crippen molar-refractivity contribution < 1.29 is 198 Å². The maximum atomic E-state index is 12.1. The number of halogens is 6. The van der Waals surface area contributed by atoms with E-state index in [1.54, 1.807) is 24.3 Å². The molecule has 0 aliphatic heterocycles. The van der Waals surface area contributed by atoms with Crippen LogP contribution in [0.25, 0.3) is 0 Å². The molecule has 0 saturated carbocycles. The average Bonchev–Trinajstić information content (AvgIpc) is 0.845.